The van der Waals surface area contributed by atoms with E-state index in [-0.39, 0.29) is 6.03 Å². The Bertz CT molecular complexity index is 672. The van der Waals surface area contributed by atoms with E-state index in [1.807, 2.05) is 35.2 Å². The SMILES string of the molecule is O=C(NCc1ccncc1)N1CCN(Cc2ccccc2Cl)CC1. The van der Waals surface area contributed by atoms with Crippen LogP contribution in [0.2, 0.25) is 5.02 Å². The monoisotopic (exact) mass is 344 g/mol. The lowest BCUT2D eigenvalue weighted by Gasteiger charge is -2.34. The van der Waals surface area contributed by atoms with E-state index in [9.17, 15) is 4.79 Å². The van der Waals surface area contributed by atoms with E-state index < -0.39 is 0 Å². The Balaban J connectivity index is 1.44. The number of urea groups is 1. The van der Waals surface area contributed by atoms with Crippen LogP contribution in [-0.2, 0) is 13.1 Å². The van der Waals surface area contributed by atoms with E-state index in [2.05, 4.69) is 21.3 Å². The third-order valence-corrected chi connectivity index (χ3v) is 4.57. The van der Waals surface area contributed by atoms with Crippen LogP contribution in [-0.4, -0.2) is 47.0 Å². The summed E-state index contributed by atoms with van der Waals surface area (Å²) in [5, 5.41) is 3.76. The predicted octanol–water partition coefficient (Wildman–Crippen LogP) is 2.76. The van der Waals surface area contributed by atoms with Gasteiger partial charge >= 0.3 is 6.03 Å². The Hall–Kier alpha value is -2.11. The van der Waals surface area contributed by atoms with Crippen LogP contribution < -0.4 is 5.32 Å². The molecule has 1 aliphatic heterocycles. The molecule has 24 heavy (non-hydrogen) atoms. The quantitative estimate of drug-likeness (QED) is 0.927. The van der Waals surface area contributed by atoms with Gasteiger partial charge in [0.1, 0.15) is 0 Å². The minimum atomic E-state index is -0.00999. The number of rotatable bonds is 4. The number of carbonyl (C=O) groups excluding carboxylic acids is 1. The van der Waals surface area contributed by atoms with Crippen molar-refractivity contribution in [3.8, 4) is 0 Å². The highest BCUT2D eigenvalue weighted by Crippen LogP contribution is 2.17. The van der Waals surface area contributed by atoms with E-state index in [4.69, 9.17) is 11.6 Å². The highest BCUT2D eigenvalue weighted by Gasteiger charge is 2.21. The molecule has 0 atom stereocenters. The average molecular weight is 345 g/mol. The average Bonchev–Trinajstić information content (AvgIpc) is 2.63. The van der Waals surface area contributed by atoms with Crippen LogP contribution in [0.3, 0.4) is 0 Å². The van der Waals surface area contributed by atoms with Crippen molar-refractivity contribution >= 4 is 17.6 Å². The standard InChI is InChI=1S/C18H21ClN4O/c19-17-4-2-1-3-16(17)14-22-9-11-23(12-10-22)18(24)21-13-15-5-7-20-8-6-15/h1-8H,9-14H2,(H,21,24). The molecule has 1 aliphatic rings. The second-order valence-corrected chi connectivity index (χ2v) is 6.28. The van der Waals surface area contributed by atoms with Gasteiger partial charge in [0.25, 0.3) is 0 Å². The van der Waals surface area contributed by atoms with Gasteiger partial charge in [-0.1, -0.05) is 29.8 Å². The van der Waals surface area contributed by atoms with E-state index >= 15 is 0 Å². The summed E-state index contributed by atoms with van der Waals surface area (Å²) in [4.78, 5) is 20.4. The predicted molar refractivity (Wildman–Crippen MR) is 94.8 cm³/mol. The van der Waals surface area contributed by atoms with E-state index in [1.165, 1.54) is 0 Å². The lowest BCUT2D eigenvalue weighted by atomic mass is 10.2. The number of nitrogens with zero attached hydrogens (tertiary/aromatic N) is 3. The maximum absolute atomic E-state index is 12.3. The fourth-order valence-corrected chi connectivity index (χ4v) is 2.96. The summed E-state index contributed by atoms with van der Waals surface area (Å²) in [6.45, 7) is 4.52. The zero-order valence-electron chi connectivity index (χ0n) is 13.5. The van der Waals surface area contributed by atoms with Gasteiger partial charge in [0.05, 0.1) is 0 Å². The molecule has 6 heteroatoms. The molecule has 1 fully saturated rings. The lowest BCUT2D eigenvalue weighted by molar-refractivity contribution is 0.135. The van der Waals surface area contributed by atoms with Gasteiger partial charge in [-0.2, -0.15) is 0 Å². The minimum absolute atomic E-state index is 0.00999. The number of halogens is 1. The Morgan fingerprint density at radius 1 is 1.08 bits per heavy atom. The Morgan fingerprint density at radius 3 is 2.50 bits per heavy atom. The number of amides is 2. The number of carbonyl (C=O) groups is 1. The van der Waals surface area contributed by atoms with E-state index in [1.54, 1.807) is 12.4 Å². The van der Waals surface area contributed by atoms with Gasteiger partial charge in [-0.25, -0.2) is 4.79 Å². The molecule has 0 bridgehead atoms. The van der Waals surface area contributed by atoms with Crippen LogP contribution in [0.15, 0.2) is 48.8 Å². The maximum atomic E-state index is 12.3. The third kappa shape index (κ3) is 4.46. The number of hydrogen-bond donors (Lipinski definition) is 1. The number of hydrogen-bond acceptors (Lipinski definition) is 3. The third-order valence-electron chi connectivity index (χ3n) is 4.20. The zero-order chi connectivity index (χ0) is 16.8. The van der Waals surface area contributed by atoms with Crippen molar-refractivity contribution in [2.45, 2.75) is 13.1 Å². The van der Waals surface area contributed by atoms with Crippen molar-refractivity contribution in [1.82, 2.24) is 20.1 Å². The summed E-state index contributed by atoms with van der Waals surface area (Å²) in [5.41, 5.74) is 2.19. The molecule has 2 heterocycles. The van der Waals surface area contributed by atoms with Crippen LogP contribution in [0.25, 0.3) is 0 Å². The summed E-state index contributed by atoms with van der Waals surface area (Å²) in [6.07, 6.45) is 3.46. The first-order valence-electron chi connectivity index (χ1n) is 8.10. The molecule has 3 rings (SSSR count). The Morgan fingerprint density at radius 2 is 1.79 bits per heavy atom. The fourth-order valence-electron chi connectivity index (χ4n) is 2.77. The van der Waals surface area contributed by atoms with Crippen LogP contribution in [0.5, 0.6) is 0 Å². The molecule has 0 aliphatic carbocycles. The topological polar surface area (TPSA) is 48.5 Å². The van der Waals surface area contributed by atoms with Crippen molar-refractivity contribution < 1.29 is 4.79 Å². The molecule has 126 valence electrons. The van der Waals surface area contributed by atoms with Crippen molar-refractivity contribution in [3.63, 3.8) is 0 Å². The maximum Gasteiger partial charge on any atom is 0.317 e. The normalized spacial score (nSPS) is 15.3. The molecule has 2 amide bonds. The first kappa shape index (κ1) is 16.7. The van der Waals surface area contributed by atoms with Crippen LogP contribution in [0, 0.1) is 0 Å². The van der Waals surface area contributed by atoms with E-state index in [0.717, 1.165) is 48.9 Å². The fraction of sp³-hybridized carbons (Fsp3) is 0.333. The summed E-state index contributed by atoms with van der Waals surface area (Å²) >= 11 is 6.22. The number of aromatic nitrogens is 1. The molecule has 0 saturated carbocycles. The Kier molecular flexibility index (Phi) is 5.67. The highest BCUT2D eigenvalue weighted by molar-refractivity contribution is 6.31. The van der Waals surface area contributed by atoms with Gasteiger partial charge in [0.15, 0.2) is 0 Å². The second kappa shape index (κ2) is 8.13. The molecule has 1 N–H and O–H groups in total. The van der Waals surface area contributed by atoms with Crippen molar-refractivity contribution in [3.05, 3.63) is 64.9 Å². The van der Waals surface area contributed by atoms with Gasteiger partial charge < -0.3 is 10.2 Å². The van der Waals surface area contributed by atoms with Gasteiger partial charge in [-0.05, 0) is 29.3 Å². The molecular weight excluding hydrogens is 324 g/mol. The summed E-state index contributed by atoms with van der Waals surface area (Å²) < 4.78 is 0. The van der Waals surface area contributed by atoms with Crippen LogP contribution >= 0.6 is 11.6 Å². The van der Waals surface area contributed by atoms with Gasteiger partial charge in [0.2, 0.25) is 0 Å². The zero-order valence-corrected chi connectivity index (χ0v) is 14.2. The molecule has 0 spiro atoms. The molecule has 5 nitrogen and oxygen atoms in total. The van der Waals surface area contributed by atoms with Gasteiger partial charge in [-0.15, -0.1) is 0 Å². The summed E-state index contributed by atoms with van der Waals surface area (Å²) in [7, 11) is 0. The molecule has 1 aromatic carbocycles. The summed E-state index contributed by atoms with van der Waals surface area (Å²) in [5.74, 6) is 0. The summed E-state index contributed by atoms with van der Waals surface area (Å²) in [6, 6.07) is 11.7. The highest BCUT2D eigenvalue weighted by atomic mass is 35.5. The second-order valence-electron chi connectivity index (χ2n) is 5.87. The number of benzene rings is 1. The number of nitrogens with one attached hydrogen (secondary N) is 1. The largest absolute Gasteiger partial charge is 0.334 e. The molecule has 2 aromatic rings. The molecule has 0 unspecified atom stereocenters. The van der Waals surface area contributed by atoms with Crippen molar-refractivity contribution in [1.29, 1.82) is 0 Å². The molecule has 0 radical (unpaired) electrons. The molecular formula is C18H21ClN4O. The number of pyridine rings is 1. The van der Waals surface area contributed by atoms with E-state index in [0.29, 0.717) is 6.54 Å². The minimum Gasteiger partial charge on any atom is -0.334 e. The van der Waals surface area contributed by atoms with Crippen molar-refractivity contribution in [2.24, 2.45) is 0 Å². The first-order chi connectivity index (χ1) is 11.7. The smallest absolute Gasteiger partial charge is 0.317 e. The first-order valence-corrected chi connectivity index (χ1v) is 8.47. The van der Waals surface area contributed by atoms with Crippen LogP contribution in [0.4, 0.5) is 4.79 Å². The molecule has 1 aromatic heterocycles. The number of piperazine rings is 1. The Labute approximate surface area is 147 Å². The van der Waals surface area contributed by atoms with Crippen LogP contribution in [0.1, 0.15) is 11.1 Å². The van der Waals surface area contributed by atoms with Crippen molar-refractivity contribution in [2.75, 3.05) is 26.2 Å². The van der Waals surface area contributed by atoms with Gasteiger partial charge in [0, 0.05) is 56.7 Å². The van der Waals surface area contributed by atoms with Gasteiger partial charge in [-0.3, -0.25) is 9.88 Å². The lowest BCUT2D eigenvalue weighted by Crippen LogP contribution is -2.51. The molecule has 1 saturated heterocycles.